The van der Waals surface area contributed by atoms with Crippen LogP contribution < -0.4 is 11.1 Å². The summed E-state index contributed by atoms with van der Waals surface area (Å²) in [6, 6.07) is 4.59. The van der Waals surface area contributed by atoms with Gasteiger partial charge in [0.15, 0.2) is 0 Å². The van der Waals surface area contributed by atoms with Crippen molar-refractivity contribution in [2.24, 2.45) is 5.92 Å². The van der Waals surface area contributed by atoms with Gasteiger partial charge in [-0.05, 0) is 30.9 Å². The maximum absolute atomic E-state index is 6.10. The van der Waals surface area contributed by atoms with E-state index in [1.807, 2.05) is 6.07 Å². The van der Waals surface area contributed by atoms with E-state index in [0.29, 0.717) is 6.04 Å². The van der Waals surface area contributed by atoms with Crippen LogP contribution in [0.1, 0.15) is 32.6 Å². The van der Waals surface area contributed by atoms with Gasteiger partial charge < -0.3 is 11.1 Å². The molecule has 1 aliphatic rings. The maximum Gasteiger partial charge on any atom is 0.0672 e. The summed E-state index contributed by atoms with van der Waals surface area (Å²) in [6.07, 6.45) is 7.02. The van der Waals surface area contributed by atoms with E-state index in [4.69, 9.17) is 5.73 Å². The van der Waals surface area contributed by atoms with Crippen LogP contribution in [0.25, 0.3) is 10.9 Å². The molecule has 2 aromatic rings. The standard InChI is InChI=1S/C14H20N4/c1-9-4-2-3-5-12(9)17-14-7-13-10(6-11(14)15)8-16-18-13/h6-9,12,17H,2-5,15H2,1H3,(H,16,18). The number of aromatic nitrogens is 2. The molecule has 0 radical (unpaired) electrons. The van der Waals surface area contributed by atoms with Crippen molar-refractivity contribution in [3.05, 3.63) is 18.3 Å². The Kier molecular flexibility index (Phi) is 2.86. The van der Waals surface area contributed by atoms with Crippen molar-refractivity contribution in [1.82, 2.24) is 10.2 Å². The van der Waals surface area contributed by atoms with E-state index in [-0.39, 0.29) is 0 Å². The average Bonchev–Trinajstić information content (AvgIpc) is 2.79. The quantitative estimate of drug-likeness (QED) is 0.711. The van der Waals surface area contributed by atoms with Gasteiger partial charge in [0.2, 0.25) is 0 Å². The predicted molar refractivity (Wildman–Crippen MR) is 75.5 cm³/mol. The lowest BCUT2D eigenvalue weighted by Crippen LogP contribution is -2.30. The van der Waals surface area contributed by atoms with Crippen molar-refractivity contribution in [3.63, 3.8) is 0 Å². The highest BCUT2D eigenvalue weighted by molar-refractivity contribution is 5.88. The van der Waals surface area contributed by atoms with Gasteiger partial charge in [-0.2, -0.15) is 5.10 Å². The molecule has 2 unspecified atom stereocenters. The second-order valence-corrected chi connectivity index (χ2v) is 5.41. The normalized spacial score (nSPS) is 24.3. The molecule has 0 saturated heterocycles. The summed E-state index contributed by atoms with van der Waals surface area (Å²) in [5.74, 6) is 0.718. The lowest BCUT2D eigenvalue weighted by molar-refractivity contribution is 0.349. The zero-order chi connectivity index (χ0) is 12.5. The SMILES string of the molecule is CC1CCCCC1Nc1cc2[nH]ncc2cc1N. The Hall–Kier alpha value is -1.71. The van der Waals surface area contributed by atoms with Gasteiger partial charge >= 0.3 is 0 Å². The van der Waals surface area contributed by atoms with Gasteiger partial charge in [-0.15, -0.1) is 0 Å². The molecule has 2 atom stereocenters. The van der Waals surface area contributed by atoms with Crippen LogP contribution in [0.4, 0.5) is 11.4 Å². The molecule has 1 heterocycles. The monoisotopic (exact) mass is 244 g/mol. The van der Waals surface area contributed by atoms with Gasteiger partial charge in [0.25, 0.3) is 0 Å². The summed E-state index contributed by atoms with van der Waals surface area (Å²) in [6.45, 7) is 2.32. The van der Waals surface area contributed by atoms with E-state index in [0.717, 1.165) is 28.2 Å². The van der Waals surface area contributed by atoms with Crippen LogP contribution in [0.5, 0.6) is 0 Å². The number of benzene rings is 1. The molecule has 0 bridgehead atoms. The van der Waals surface area contributed by atoms with Gasteiger partial charge in [0.1, 0.15) is 0 Å². The minimum absolute atomic E-state index is 0.543. The van der Waals surface area contributed by atoms with E-state index in [9.17, 15) is 0 Å². The van der Waals surface area contributed by atoms with Crippen LogP contribution in [-0.2, 0) is 0 Å². The fraction of sp³-hybridized carbons (Fsp3) is 0.500. The molecule has 1 aromatic heterocycles. The number of aromatic amines is 1. The molecule has 0 spiro atoms. The lowest BCUT2D eigenvalue weighted by Gasteiger charge is -2.30. The first-order valence-corrected chi connectivity index (χ1v) is 6.73. The molecule has 1 fully saturated rings. The first kappa shape index (κ1) is 11.4. The molecule has 4 heteroatoms. The predicted octanol–water partition coefficient (Wildman–Crippen LogP) is 3.14. The van der Waals surface area contributed by atoms with Crippen molar-refractivity contribution in [3.8, 4) is 0 Å². The highest BCUT2D eigenvalue weighted by Gasteiger charge is 2.21. The number of hydrogen-bond acceptors (Lipinski definition) is 3. The number of nitrogens with zero attached hydrogens (tertiary/aromatic N) is 1. The van der Waals surface area contributed by atoms with E-state index < -0.39 is 0 Å². The van der Waals surface area contributed by atoms with Crippen LogP contribution in [0.2, 0.25) is 0 Å². The molecular formula is C14H20N4. The van der Waals surface area contributed by atoms with Gasteiger partial charge in [0, 0.05) is 11.4 Å². The number of nitrogens with one attached hydrogen (secondary N) is 2. The summed E-state index contributed by atoms with van der Waals surface area (Å²) in [7, 11) is 0. The van der Waals surface area contributed by atoms with E-state index in [1.165, 1.54) is 25.7 Å². The molecule has 0 amide bonds. The summed E-state index contributed by atoms with van der Waals surface area (Å²) >= 11 is 0. The number of fused-ring (bicyclic) bond motifs is 1. The van der Waals surface area contributed by atoms with E-state index in [1.54, 1.807) is 6.20 Å². The Morgan fingerprint density at radius 1 is 1.33 bits per heavy atom. The first-order chi connectivity index (χ1) is 8.74. The van der Waals surface area contributed by atoms with E-state index >= 15 is 0 Å². The zero-order valence-corrected chi connectivity index (χ0v) is 10.7. The Bertz CT molecular complexity index is 546. The third-order valence-electron chi connectivity index (χ3n) is 4.06. The third kappa shape index (κ3) is 2.03. The number of rotatable bonds is 2. The molecular weight excluding hydrogens is 224 g/mol. The highest BCUT2D eigenvalue weighted by atomic mass is 15.1. The molecule has 4 nitrogen and oxygen atoms in total. The summed E-state index contributed by atoms with van der Waals surface area (Å²) < 4.78 is 0. The number of nitrogen functional groups attached to an aromatic ring is 1. The van der Waals surface area contributed by atoms with Gasteiger partial charge in [-0.25, -0.2) is 0 Å². The van der Waals surface area contributed by atoms with Crippen LogP contribution in [-0.4, -0.2) is 16.2 Å². The van der Waals surface area contributed by atoms with Crippen LogP contribution in [0, 0.1) is 5.92 Å². The smallest absolute Gasteiger partial charge is 0.0672 e. The van der Waals surface area contributed by atoms with Crippen molar-refractivity contribution in [1.29, 1.82) is 0 Å². The molecule has 1 aliphatic carbocycles. The number of H-pyrrole nitrogens is 1. The summed E-state index contributed by atoms with van der Waals surface area (Å²) in [4.78, 5) is 0. The number of nitrogens with two attached hydrogens (primary N) is 1. The Morgan fingerprint density at radius 3 is 3.00 bits per heavy atom. The van der Waals surface area contributed by atoms with Gasteiger partial charge in [-0.1, -0.05) is 19.8 Å². The Labute approximate surface area is 107 Å². The molecule has 96 valence electrons. The summed E-state index contributed by atoms with van der Waals surface area (Å²) in [5.41, 5.74) is 8.98. The van der Waals surface area contributed by atoms with Crippen molar-refractivity contribution in [2.45, 2.75) is 38.6 Å². The third-order valence-corrected chi connectivity index (χ3v) is 4.06. The topological polar surface area (TPSA) is 66.7 Å². The minimum Gasteiger partial charge on any atom is -0.397 e. The summed E-state index contributed by atoms with van der Waals surface area (Å²) in [5, 5.41) is 11.7. The number of anilines is 2. The molecule has 0 aliphatic heterocycles. The van der Waals surface area contributed by atoms with Crippen molar-refractivity contribution in [2.75, 3.05) is 11.1 Å². The Balaban J connectivity index is 1.86. The second kappa shape index (κ2) is 4.52. The van der Waals surface area contributed by atoms with Gasteiger partial charge in [0.05, 0.1) is 23.1 Å². The zero-order valence-electron chi connectivity index (χ0n) is 10.7. The molecule has 18 heavy (non-hydrogen) atoms. The largest absolute Gasteiger partial charge is 0.397 e. The molecule has 1 aromatic carbocycles. The fourth-order valence-electron chi connectivity index (χ4n) is 2.86. The molecule has 1 saturated carbocycles. The van der Waals surface area contributed by atoms with Crippen molar-refractivity contribution >= 4 is 22.3 Å². The van der Waals surface area contributed by atoms with E-state index in [2.05, 4.69) is 28.5 Å². The molecule has 4 N–H and O–H groups in total. The second-order valence-electron chi connectivity index (χ2n) is 5.41. The minimum atomic E-state index is 0.543. The lowest BCUT2D eigenvalue weighted by atomic mass is 9.86. The average molecular weight is 244 g/mol. The Morgan fingerprint density at radius 2 is 2.17 bits per heavy atom. The highest BCUT2D eigenvalue weighted by Crippen LogP contribution is 2.30. The number of hydrogen-bond donors (Lipinski definition) is 3. The maximum atomic E-state index is 6.10. The molecule has 3 rings (SSSR count). The first-order valence-electron chi connectivity index (χ1n) is 6.73. The van der Waals surface area contributed by atoms with Crippen LogP contribution in [0.15, 0.2) is 18.3 Å². The van der Waals surface area contributed by atoms with Gasteiger partial charge in [-0.3, -0.25) is 5.10 Å². The fourth-order valence-corrected chi connectivity index (χ4v) is 2.86. The van der Waals surface area contributed by atoms with Crippen molar-refractivity contribution < 1.29 is 0 Å². The van der Waals surface area contributed by atoms with Crippen LogP contribution >= 0.6 is 0 Å². The van der Waals surface area contributed by atoms with Crippen LogP contribution in [0.3, 0.4) is 0 Å².